The molecule has 172 valence electrons. The smallest absolute Gasteiger partial charge is 0.337 e. The summed E-state index contributed by atoms with van der Waals surface area (Å²) >= 11 is 0. The quantitative estimate of drug-likeness (QED) is 0.590. The van der Waals surface area contributed by atoms with Crippen LogP contribution in [0.3, 0.4) is 0 Å². The normalized spacial score (nSPS) is 14.0. The van der Waals surface area contributed by atoms with Crippen molar-refractivity contribution in [3.63, 3.8) is 0 Å². The highest BCUT2D eigenvalue weighted by Crippen LogP contribution is 2.28. The largest absolute Gasteiger partial charge is 0.465 e. The van der Waals surface area contributed by atoms with Gasteiger partial charge in [-0.15, -0.1) is 0 Å². The van der Waals surface area contributed by atoms with Gasteiger partial charge in [-0.1, -0.05) is 12.2 Å². The molecule has 2 amide bonds. The average molecular weight is 450 g/mol. The van der Waals surface area contributed by atoms with Gasteiger partial charge in [0.25, 0.3) is 5.91 Å². The summed E-state index contributed by atoms with van der Waals surface area (Å²) in [5, 5.41) is 10.1. The van der Waals surface area contributed by atoms with E-state index in [1.54, 1.807) is 35.0 Å². The summed E-state index contributed by atoms with van der Waals surface area (Å²) in [6.07, 6.45) is 4.40. The number of esters is 1. The van der Waals surface area contributed by atoms with E-state index in [0.29, 0.717) is 54.3 Å². The number of methoxy groups -OCH3 is 1. The Morgan fingerprint density at radius 1 is 1.27 bits per heavy atom. The van der Waals surface area contributed by atoms with Crippen molar-refractivity contribution in [2.75, 3.05) is 19.0 Å². The fourth-order valence-electron chi connectivity index (χ4n) is 3.94. The molecule has 0 saturated heterocycles. The number of rotatable bonds is 4. The van der Waals surface area contributed by atoms with Gasteiger partial charge in [-0.2, -0.15) is 5.10 Å². The van der Waals surface area contributed by atoms with Gasteiger partial charge in [0.15, 0.2) is 0 Å². The molecule has 1 aromatic carbocycles. The van der Waals surface area contributed by atoms with Crippen LogP contribution in [-0.4, -0.2) is 50.8 Å². The summed E-state index contributed by atoms with van der Waals surface area (Å²) in [7, 11) is 1.32. The molecule has 0 unspecified atom stereocenters. The lowest BCUT2D eigenvalue weighted by Gasteiger charge is -2.12. The Balaban J connectivity index is 1.83. The second-order valence-corrected chi connectivity index (χ2v) is 7.76. The molecule has 3 heterocycles. The molecule has 1 aliphatic heterocycles. The maximum absolute atomic E-state index is 13.1. The first-order valence-electron chi connectivity index (χ1n) is 10.8. The van der Waals surface area contributed by atoms with Gasteiger partial charge in [0.1, 0.15) is 5.69 Å². The van der Waals surface area contributed by atoms with Gasteiger partial charge < -0.3 is 14.6 Å². The molecule has 10 nitrogen and oxygen atoms in total. The van der Waals surface area contributed by atoms with Crippen molar-refractivity contribution in [2.45, 2.75) is 39.8 Å². The predicted octanol–water partition coefficient (Wildman–Crippen LogP) is 2.52. The number of carbonyl (C=O) groups is 3. The van der Waals surface area contributed by atoms with E-state index < -0.39 is 5.97 Å². The van der Waals surface area contributed by atoms with Gasteiger partial charge in [-0.25, -0.2) is 9.78 Å². The van der Waals surface area contributed by atoms with E-state index in [2.05, 4.69) is 20.7 Å². The molecule has 2 aromatic heterocycles. The zero-order valence-corrected chi connectivity index (χ0v) is 18.8. The molecule has 0 radical (unpaired) electrons. The van der Waals surface area contributed by atoms with E-state index in [0.717, 1.165) is 11.2 Å². The van der Waals surface area contributed by atoms with Gasteiger partial charge in [0, 0.05) is 31.6 Å². The van der Waals surface area contributed by atoms with E-state index >= 15 is 0 Å². The molecule has 1 aliphatic rings. The fraction of sp³-hybridized carbons (Fsp3) is 0.348. The molecule has 0 bridgehead atoms. The van der Waals surface area contributed by atoms with Crippen LogP contribution in [0.15, 0.2) is 24.3 Å². The van der Waals surface area contributed by atoms with Crippen molar-refractivity contribution in [1.82, 2.24) is 24.6 Å². The van der Waals surface area contributed by atoms with Gasteiger partial charge >= 0.3 is 5.97 Å². The van der Waals surface area contributed by atoms with E-state index in [1.165, 1.54) is 7.11 Å². The minimum absolute atomic E-state index is 0.0759. The van der Waals surface area contributed by atoms with Crippen LogP contribution in [0.1, 0.15) is 51.9 Å². The summed E-state index contributed by atoms with van der Waals surface area (Å²) in [6, 6.07) is 5.08. The van der Waals surface area contributed by atoms with Crippen LogP contribution < -0.4 is 10.6 Å². The molecule has 0 saturated carbocycles. The average Bonchev–Trinajstić information content (AvgIpc) is 3.34. The number of amides is 2. The van der Waals surface area contributed by atoms with Crippen LogP contribution in [0.4, 0.5) is 5.95 Å². The Hall–Kier alpha value is -3.95. The molecule has 0 fully saturated rings. The highest BCUT2D eigenvalue weighted by molar-refractivity contribution is 6.04. The van der Waals surface area contributed by atoms with Crippen molar-refractivity contribution in [3.05, 3.63) is 46.8 Å². The van der Waals surface area contributed by atoms with E-state index in [4.69, 9.17) is 4.74 Å². The summed E-state index contributed by atoms with van der Waals surface area (Å²) < 4.78 is 8.43. The molecule has 0 spiro atoms. The molecule has 3 aromatic rings. The monoisotopic (exact) mass is 450 g/mol. The number of hydrogen-bond acceptors (Lipinski definition) is 6. The second-order valence-electron chi connectivity index (χ2n) is 7.76. The van der Waals surface area contributed by atoms with Crippen molar-refractivity contribution in [2.24, 2.45) is 0 Å². The summed E-state index contributed by atoms with van der Waals surface area (Å²) in [6.45, 7) is 5.32. The number of hydrogen-bond donors (Lipinski definition) is 2. The maximum Gasteiger partial charge on any atom is 0.337 e. The number of nitrogens with zero attached hydrogens (tertiary/aromatic N) is 4. The van der Waals surface area contributed by atoms with Crippen LogP contribution >= 0.6 is 0 Å². The molecular weight excluding hydrogens is 424 g/mol. The standard InChI is InChI=1S/C23H26N6O4/c1-4-29-18(11-14(2)27-29)21(31)26-23-25-17-13-16(22(32)33-3)12-15-7-5-8-19(30)24-9-6-10-28(23)20(15)17/h5,7,11-13H,4,6,8-10H2,1-3H3,(H,24,30)(H,25,26,31). The Morgan fingerprint density at radius 3 is 2.85 bits per heavy atom. The lowest BCUT2D eigenvalue weighted by molar-refractivity contribution is -0.120. The minimum Gasteiger partial charge on any atom is -0.465 e. The van der Waals surface area contributed by atoms with Crippen molar-refractivity contribution in [1.29, 1.82) is 0 Å². The first kappa shape index (κ1) is 22.3. The number of ether oxygens (including phenoxy) is 1. The SMILES string of the molecule is CCn1nc(C)cc1C(=O)Nc1nc2cc(C(=O)OC)cc3c2n1CCCNC(=O)CC=C3. The third-order valence-corrected chi connectivity index (χ3v) is 5.43. The molecule has 33 heavy (non-hydrogen) atoms. The number of imidazole rings is 1. The van der Waals surface area contributed by atoms with Crippen LogP contribution in [0, 0.1) is 6.92 Å². The predicted molar refractivity (Wildman–Crippen MR) is 123 cm³/mol. The highest BCUT2D eigenvalue weighted by Gasteiger charge is 2.21. The van der Waals surface area contributed by atoms with Gasteiger partial charge in [-0.3, -0.25) is 19.6 Å². The molecule has 0 atom stereocenters. The topological polar surface area (TPSA) is 120 Å². The number of carbonyl (C=O) groups excluding carboxylic acids is 3. The number of aromatic nitrogens is 4. The Labute approximate surface area is 190 Å². The van der Waals surface area contributed by atoms with Gasteiger partial charge in [0.2, 0.25) is 11.9 Å². The van der Waals surface area contributed by atoms with Gasteiger partial charge in [-0.05, 0) is 38.5 Å². The Kier molecular flexibility index (Phi) is 6.25. The van der Waals surface area contributed by atoms with Crippen LogP contribution in [0.25, 0.3) is 17.1 Å². The van der Waals surface area contributed by atoms with Crippen molar-refractivity contribution >= 4 is 40.8 Å². The zero-order valence-electron chi connectivity index (χ0n) is 18.8. The number of nitrogens with one attached hydrogen (secondary N) is 2. The molecular formula is C23H26N6O4. The van der Waals surface area contributed by atoms with Crippen LogP contribution in [-0.2, 0) is 22.6 Å². The second kappa shape index (κ2) is 9.27. The lowest BCUT2D eigenvalue weighted by atomic mass is 10.1. The maximum atomic E-state index is 13.1. The highest BCUT2D eigenvalue weighted by atomic mass is 16.5. The van der Waals surface area contributed by atoms with Crippen molar-refractivity contribution < 1.29 is 19.1 Å². The summed E-state index contributed by atoms with van der Waals surface area (Å²) in [5.41, 5.74) is 3.56. The minimum atomic E-state index is -0.490. The summed E-state index contributed by atoms with van der Waals surface area (Å²) in [4.78, 5) is 42.0. The first-order chi connectivity index (χ1) is 15.9. The Bertz CT molecular complexity index is 1270. The molecule has 10 heteroatoms. The first-order valence-corrected chi connectivity index (χ1v) is 10.8. The van der Waals surface area contributed by atoms with E-state index in [9.17, 15) is 14.4 Å². The van der Waals surface area contributed by atoms with Gasteiger partial charge in [0.05, 0.1) is 29.4 Å². The fourth-order valence-corrected chi connectivity index (χ4v) is 3.94. The van der Waals surface area contributed by atoms with Crippen LogP contribution in [0.5, 0.6) is 0 Å². The van der Waals surface area contributed by atoms with Crippen molar-refractivity contribution in [3.8, 4) is 0 Å². The van der Waals surface area contributed by atoms with E-state index in [1.807, 2.05) is 18.4 Å². The van der Waals surface area contributed by atoms with Crippen LogP contribution in [0.2, 0.25) is 0 Å². The third kappa shape index (κ3) is 4.50. The zero-order chi connectivity index (χ0) is 23.5. The molecule has 0 aliphatic carbocycles. The number of anilines is 1. The molecule has 4 rings (SSSR count). The lowest BCUT2D eigenvalue weighted by Crippen LogP contribution is -2.24. The summed E-state index contributed by atoms with van der Waals surface area (Å²) in [5.74, 6) is -0.528. The van der Waals surface area contributed by atoms with E-state index in [-0.39, 0.29) is 18.2 Å². The third-order valence-electron chi connectivity index (χ3n) is 5.43. The number of aryl methyl sites for hydroxylation is 3. The number of benzene rings is 1. The Morgan fingerprint density at radius 2 is 2.09 bits per heavy atom. The molecule has 2 N–H and O–H groups in total.